The van der Waals surface area contributed by atoms with Gasteiger partial charge in [-0.25, -0.2) is 0 Å². The van der Waals surface area contributed by atoms with Crippen molar-refractivity contribution in [2.45, 2.75) is 46.0 Å². The van der Waals surface area contributed by atoms with Crippen LogP contribution in [0.25, 0.3) is 28.2 Å². The highest BCUT2D eigenvalue weighted by Gasteiger charge is 2.19. The van der Waals surface area contributed by atoms with Crippen LogP contribution in [0.1, 0.15) is 43.5 Å². The van der Waals surface area contributed by atoms with E-state index in [9.17, 15) is 0 Å². The van der Waals surface area contributed by atoms with E-state index in [1.54, 1.807) is 0 Å². The van der Waals surface area contributed by atoms with E-state index in [-0.39, 0.29) is 0 Å². The molecular weight excluding hydrogens is 494 g/mol. The molecule has 0 bridgehead atoms. The van der Waals surface area contributed by atoms with Gasteiger partial charge >= 0.3 is 0 Å². The van der Waals surface area contributed by atoms with Crippen molar-refractivity contribution in [1.29, 1.82) is 0 Å². The highest BCUT2D eigenvalue weighted by Crippen LogP contribution is 2.33. The van der Waals surface area contributed by atoms with Gasteiger partial charge in [0.05, 0.1) is 12.3 Å². The second-order valence-electron chi connectivity index (χ2n) is 11.0. The number of hydrogen-bond acceptors (Lipinski definition) is 5. The van der Waals surface area contributed by atoms with Gasteiger partial charge in [0, 0.05) is 18.7 Å². The lowest BCUT2D eigenvalue weighted by Crippen LogP contribution is -2.29. The van der Waals surface area contributed by atoms with Crippen LogP contribution in [0.2, 0.25) is 0 Å². The molecule has 0 amide bonds. The molecule has 2 heterocycles. The second kappa shape index (κ2) is 13.7. The van der Waals surface area contributed by atoms with E-state index in [4.69, 9.17) is 4.74 Å². The number of aryl methyl sites for hydroxylation is 2. The summed E-state index contributed by atoms with van der Waals surface area (Å²) in [6.07, 6.45) is 6.07. The van der Waals surface area contributed by atoms with Crippen molar-refractivity contribution >= 4 is 0 Å². The molecule has 0 spiro atoms. The molecule has 1 aromatic heterocycles. The van der Waals surface area contributed by atoms with Crippen molar-refractivity contribution in [2.24, 2.45) is 0 Å². The standard InChI is InChI=1S/C34H43N5O/c1-27-13-11-16-32(40-26-10-5-4-9-22-38-23-12-21-37(3)24-25-38)33(27)39-28(2)35-36-34(39)31-19-17-30(18-20-31)29-14-7-6-8-15-29/h6-8,11,13-20H,4-5,9-10,12,21-26H2,1-3H3. The first-order chi connectivity index (χ1) is 19.6. The average Bonchev–Trinajstić information content (AvgIpc) is 3.23. The summed E-state index contributed by atoms with van der Waals surface area (Å²) in [5.41, 5.74) is 5.59. The Bertz CT molecular complexity index is 1350. The van der Waals surface area contributed by atoms with Gasteiger partial charge in [0.1, 0.15) is 11.6 Å². The van der Waals surface area contributed by atoms with Gasteiger partial charge < -0.3 is 14.5 Å². The minimum Gasteiger partial charge on any atom is -0.491 e. The smallest absolute Gasteiger partial charge is 0.168 e. The molecule has 0 atom stereocenters. The molecule has 6 nitrogen and oxygen atoms in total. The monoisotopic (exact) mass is 537 g/mol. The lowest BCUT2D eigenvalue weighted by molar-refractivity contribution is 0.266. The van der Waals surface area contributed by atoms with Crippen LogP contribution in [0.5, 0.6) is 5.75 Å². The molecule has 4 aromatic rings. The third-order valence-electron chi connectivity index (χ3n) is 7.94. The minimum absolute atomic E-state index is 0.716. The van der Waals surface area contributed by atoms with Crippen LogP contribution >= 0.6 is 0 Å². The fourth-order valence-electron chi connectivity index (χ4n) is 5.59. The summed E-state index contributed by atoms with van der Waals surface area (Å²) in [6, 6.07) is 25.3. The Morgan fingerprint density at radius 1 is 0.700 bits per heavy atom. The number of hydrogen-bond donors (Lipinski definition) is 0. The van der Waals surface area contributed by atoms with Crippen molar-refractivity contribution in [2.75, 3.05) is 46.4 Å². The van der Waals surface area contributed by atoms with Crippen molar-refractivity contribution in [3.63, 3.8) is 0 Å². The predicted octanol–water partition coefficient (Wildman–Crippen LogP) is 6.79. The number of rotatable bonds is 11. The first-order valence-corrected chi connectivity index (χ1v) is 14.8. The Morgan fingerprint density at radius 3 is 2.27 bits per heavy atom. The maximum Gasteiger partial charge on any atom is 0.168 e. The molecule has 40 heavy (non-hydrogen) atoms. The summed E-state index contributed by atoms with van der Waals surface area (Å²) >= 11 is 0. The molecule has 5 rings (SSSR count). The first-order valence-electron chi connectivity index (χ1n) is 14.8. The molecule has 1 aliphatic rings. The summed E-state index contributed by atoms with van der Waals surface area (Å²) in [7, 11) is 2.23. The summed E-state index contributed by atoms with van der Waals surface area (Å²) < 4.78 is 8.54. The van der Waals surface area contributed by atoms with E-state index in [0.717, 1.165) is 40.6 Å². The molecule has 0 N–H and O–H groups in total. The Balaban J connectivity index is 1.21. The molecule has 1 aliphatic heterocycles. The predicted molar refractivity (Wildman–Crippen MR) is 164 cm³/mol. The zero-order valence-corrected chi connectivity index (χ0v) is 24.4. The molecule has 0 radical (unpaired) electrons. The van der Waals surface area contributed by atoms with Crippen LogP contribution in [-0.2, 0) is 0 Å². The molecule has 1 saturated heterocycles. The Labute approximate surface area is 239 Å². The topological polar surface area (TPSA) is 46.4 Å². The first kappa shape index (κ1) is 28.1. The molecule has 0 aliphatic carbocycles. The number of ether oxygens (including phenoxy) is 1. The molecular formula is C34H43N5O. The van der Waals surface area contributed by atoms with E-state index in [1.807, 2.05) is 13.0 Å². The van der Waals surface area contributed by atoms with E-state index < -0.39 is 0 Å². The van der Waals surface area contributed by atoms with E-state index in [1.165, 1.54) is 69.5 Å². The number of nitrogens with zero attached hydrogens (tertiary/aromatic N) is 5. The van der Waals surface area contributed by atoms with Gasteiger partial charge in [0.15, 0.2) is 5.82 Å². The number of unbranched alkanes of at least 4 members (excludes halogenated alkanes) is 3. The van der Waals surface area contributed by atoms with Gasteiger partial charge in [-0.3, -0.25) is 4.57 Å². The van der Waals surface area contributed by atoms with E-state index in [0.29, 0.717) is 6.61 Å². The zero-order chi connectivity index (χ0) is 27.7. The van der Waals surface area contributed by atoms with Crippen molar-refractivity contribution in [3.8, 4) is 34.0 Å². The number of benzene rings is 3. The minimum atomic E-state index is 0.716. The fourth-order valence-corrected chi connectivity index (χ4v) is 5.59. The summed E-state index contributed by atoms with van der Waals surface area (Å²) in [5.74, 6) is 2.57. The molecule has 0 saturated carbocycles. The van der Waals surface area contributed by atoms with Crippen LogP contribution in [0.15, 0.2) is 72.8 Å². The van der Waals surface area contributed by atoms with Gasteiger partial charge in [0.25, 0.3) is 0 Å². The van der Waals surface area contributed by atoms with Crippen molar-refractivity contribution in [3.05, 3.63) is 84.2 Å². The Kier molecular flexibility index (Phi) is 9.63. The summed E-state index contributed by atoms with van der Waals surface area (Å²) in [6.45, 7) is 10.9. The summed E-state index contributed by atoms with van der Waals surface area (Å²) in [5, 5.41) is 9.04. The molecule has 6 heteroatoms. The van der Waals surface area contributed by atoms with E-state index in [2.05, 4.69) is 105 Å². The third kappa shape index (κ3) is 6.98. The molecule has 3 aromatic carbocycles. The third-order valence-corrected chi connectivity index (χ3v) is 7.94. The normalized spacial score (nSPS) is 14.8. The fraction of sp³-hybridized carbons (Fsp3) is 0.412. The highest BCUT2D eigenvalue weighted by atomic mass is 16.5. The van der Waals surface area contributed by atoms with Gasteiger partial charge in [-0.05, 0) is 82.5 Å². The number of para-hydroxylation sites is 1. The number of likely N-dealkylation sites (N-methyl/N-ethyl adjacent to an activating group) is 1. The van der Waals surface area contributed by atoms with Crippen LogP contribution in [-0.4, -0.2) is 70.9 Å². The van der Waals surface area contributed by atoms with Gasteiger partial charge in [0.2, 0.25) is 0 Å². The largest absolute Gasteiger partial charge is 0.491 e. The van der Waals surface area contributed by atoms with Crippen LogP contribution < -0.4 is 4.74 Å². The van der Waals surface area contributed by atoms with Crippen LogP contribution in [0.4, 0.5) is 0 Å². The Hall–Kier alpha value is -3.48. The SMILES string of the molecule is Cc1cccc(OCCCCCCN2CCCN(C)CC2)c1-n1c(C)nnc1-c1ccc(-c2ccccc2)cc1. The van der Waals surface area contributed by atoms with E-state index >= 15 is 0 Å². The average molecular weight is 538 g/mol. The lowest BCUT2D eigenvalue weighted by Gasteiger charge is -2.20. The van der Waals surface area contributed by atoms with Gasteiger partial charge in [-0.2, -0.15) is 0 Å². The molecule has 0 unspecified atom stereocenters. The van der Waals surface area contributed by atoms with Gasteiger partial charge in [-0.1, -0.05) is 79.6 Å². The maximum atomic E-state index is 6.40. The van der Waals surface area contributed by atoms with Crippen LogP contribution in [0.3, 0.4) is 0 Å². The van der Waals surface area contributed by atoms with Crippen molar-refractivity contribution < 1.29 is 4.74 Å². The Morgan fingerprint density at radius 2 is 1.45 bits per heavy atom. The number of aromatic nitrogens is 3. The lowest BCUT2D eigenvalue weighted by atomic mass is 10.0. The summed E-state index contributed by atoms with van der Waals surface area (Å²) in [4.78, 5) is 5.08. The van der Waals surface area contributed by atoms with Crippen LogP contribution in [0, 0.1) is 13.8 Å². The second-order valence-corrected chi connectivity index (χ2v) is 11.0. The highest BCUT2D eigenvalue weighted by molar-refractivity contribution is 5.69. The maximum absolute atomic E-state index is 6.40. The van der Waals surface area contributed by atoms with Gasteiger partial charge in [-0.15, -0.1) is 10.2 Å². The zero-order valence-electron chi connectivity index (χ0n) is 24.4. The quantitative estimate of drug-likeness (QED) is 0.197. The molecule has 210 valence electrons. The van der Waals surface area contributed by atoms with Crippen molar-refractivity contribution in [1.82, 2.24) is 24.6 Å². The molecule has 1 fully saturated rings.